The van der Waals surface area contributed by atoms with E-state index in [1.165, 1.54) is 36.0 Å². The van der Waals surface area contributed by atoms with Crippen LogP contribution in [0.2, 0.25) is 10.0 Å². The van der Waals surface area contributed by atoms with Crippen molar-refractivity contribution in [1.29, 1.82) is 0 Å². The first-order chi connectivity index (χ1) is 14.3. The highest BCUT2D eigenvalue weighted by Gasteiger charge is 2.17. The number of anilines is 2. The van der Waals surface area contributed by atoms with Crippen LogP contribution in [0.4, 0.5) is 15.8 Å². The van der Waals surface area contributed by atoms with Crippen LogP contribution in [0.25, 0.3) is 0 Å². The maximum Gasteiger partial charge on any atom is 0.255 e. The fraction of sp³-hybridized carbons (Fsp3) is 0.0909. The highest BCUT2D eigenvalue weighted by atomic mass is 35.5. The largest absolute Gasteiger partial charge is 0.324 e. The molecule has 0 spiro atoms. The van der Waals surface area contributed by atoms with Crippen molar-refractivity contribution in [2.75, 3.05) is 10.6 Å². The molecule has 3 aromatic rings. The fourth-order valence-electron chi connectivity index (χ4n) is 2.54. The Balaban J connectivity index is 1.64. The third kappa shape index (κ3) is 5.75. The lowest BCUT2D eigenvalue weighted by molar-refractivity contribution is -0.115. The summed E-state index contributed by atoms with van der Waals surface area (Å²) in [5.41, 5.74) is 1.36. The Bertz CT molecular complexity index is 1080. The summed E-state index contributed by atoms with van der Waals surface area (Å²) < 4.78 is 13.0. The molecule has 0 saturated heterocycles. The fourth-order valence-corrected chi connectivity index (χ4v) is 3.82. The molecule has 3 rings (SSSR count). The second-order valence-electron chi connectivity index (χ2n) is 6.34. The molecule has 8 heteroatoms. The molecule has 4 nitrogen and oxygen atoms in total. The SMILES string of the molecule is CC(Sc1cccc(NC(=O)c2ccc(F)cc2)c1)C(=O)Nc1cccc(Cl)c1Cl. The maximum absolute atomic E-state index is 13.0. The average molecular weight is 463 g/mol. The Kier molecular flexibility index (Phi) is 7.37. The standard InChI is InChI=1S/C22H17Cl2FN2O2S/c1-13(21(28)27-19-7-3-6-18(23)20(19)24)30-17-5-2-4-16(12-17)26-22(29)14-8-10-15(25)11-9-14/h2-13H,1H3,(H,26,29)(H,27,28). The van der Waals surface area contributed by atoms with E-state index in [4.69, 9.17) is 23.2 Å². The van der Waals surface area contributed by atoms with Crippen LogP contribution in [0.5, 0.6) is 0 Å². The molecule has 2 amide bonds. The van der Waals surface area contributed by atoms with Crippen molar-refractivity contribution in [2.24, 2.45) is 0 Å². The van der Waals surface area contributed by atoms with Crippen LogP contribution in [0, 0.1) is 5.82 Å². The minimum atomic E-state index is -0.428. The van der Waals surface area contributed by atoms with E-state index < -0.39 is 11.1 Å². The highest BCUT2D eigenvalue weighted by Crippen LogP contribution is 2.31. The van der Waals surface area contributed by atoms with E-state index in [-0.39, 0.29) is 16.8 Å². The number of nitrogens with one attached hydrogen (secondary N) is 2. The molecule has 0 bridgehead atoms. The van der Waals surface area contributed by atoms with Crippen LogP contribution in [0.15, 0.2) is 71.6 Å². The van der Waals surface area contributed by atoms with E-state index in [2.05, 4.69) is 10.6 Å². The van der Waals surface area contributed by atoms with Gasteiger partial charge in [0.15, 0.2) is 0 Å². The summed E-state index contributed by atoms with van der Waals surface area (Å²) in [4.78, 5) is 25.6. The number of thioether (sulfide) groups is 1. The van der Waals surface area contributed by atoms with Gasteiger partial charge in [-0.05, 0) is 61.5 Å². The highest BCUT2D eigenvalue weighted by molar-refractivity contribution is 8.00. The topological polar surface area (TPSA) is 58.2 Å². The van der Waals surface area contributed by atoms with Crippen molar-refractivity contribution >= 4 is 58.2 Å². The van der Waals surface area contributed by atoms with Crippen LogP contribution >= 0.6 is 35.0 Å². The molecule has 0 saturated carbocycles. The molecule has 0 aliphatic heterocycles. The first-order valence-electron chi connectivity index (χ1n) is 8.92. The molecule has 0 fully saturated rings. The van der Waals surface area contributed by atoms with E-state index in [0.717, 1.165) is 4.90 Å². The third-order valence-corrected chi connectivity index (χ3v) is 6.00. The summed E-state index contributed by atoms with van der Waals surface area (Å²) in [5.74, 6) is -0.986. The zero-order chi connectivity index (χ0) is 21.7. The molecule has 30 heavy (non-hydrogen) atoms. The monoisotopic (exact) mass is 462 g/mol. The lowest BCUT2D eigenvalue weighted by Crippen LogP contribution is -2.22. The lowest BCUT2D eigenvalue weighted by Gasteiger charge is -2.14. The van der Waals surface area contributed by atoms with Gasteiger partial charge in [0.05, 0.1) is 21.0 Å². The minimum Gasteiger partial charge on any atom is -0.324 e. The molecule has 1 unspecified atom stereocenters. The number of amides is 2. The molecule has 0 radical (unpaired) electrons. The predicted molar refractivity (Wildman–Crippen MR) is 121 cm³/mol. The van der Waals surface area contributed by atoms with Gasteiger partial charge in [0, 0.05) is 16.1 Å². The van der Waals surface area contributed by atoms with Gasteiger partial charge in [0.2, 0.25) is 5.91 Å². The van der Waals surface area contributed by atoms with Crippen LogP contribution in [-0.4, -0.2) is 17.1 Å². The number of halogens is 3. The second-order valence-corrected chi connectivity index (χ2v) is 8.54. The van der Waals surface area contributed by atoms with Gasteiger partial charge in [0.25, 0.3) is 5.91 Å². The number of benzene rings is 3. The van der Waals surface area contributed by atoms with Gasteiger partial charge >= 0.3 is 0 Å². The first kappa shape index (κ1) is 22.2. The zero-order valence-corrected chi connectivity index (χ0v) is 18.1. The van der Waals surface area contributed by atoms with Crippen molar-refractivity contribution in [2.45, 2.75) is 17.1 Å². The maximum atomic E-state index is 13.0. The Morgan fingerprint density at radius 3 is 2.40 bits per heavy atom. The number of hydrogen-bond donors (Lipinski definition) is 2. The Morgan fingerprint density at radius 1 is 0.967 bits per heavy atom. The number of hydrogen-bond acceptors (Lipinski definition) is 3. The van der Waals surface area contributed by atoms with Gasteiger partial charge in [-0.1, -0.05) is 35.3 Å². The molecule has 3 aromatic carbocycles. The molecule has 1 atom stereocenters. The van der Waals surface area contributed by atoms with Gasteiger partial charge in [-0.2, -0.15) is 0 Å². The molecule has 0 heterocycles. The molecule has 0 aliphatic carbocycles. The average Bonchev–Trinajstić information content (AvgIpc) is 2.72. The van der Waals surface area contributed by atoms with Crippen LogP contribution < -0.4 is 10.6 Å². The van der Waals surface area contributed by atoms with Crippen molar-refractivity contribution in [1.82, 2.24) is 0 Å². The molecule has 154 valence electrons. The number of carbonyl (C=O) groups excluding carboxylic acids is 2. The number of rotatable bonds is 6. The van der Waals surface area contributed by atoms with E-state index in [1.54, 1.807) is 43.3 Å². The molecule has 0 aliphatic rings. The van der Waals surface area contributed by atoms with Crippen LogP contribution in [-0.2, 0) is 4.79 Å². The van der Waals surface area contributed by atoms with E-state index in [1.807, 2.05) is 6.07 Å². The Labute approximate surface area is 187 Å². The summed E-state index contributed by atoms with van der Waals surface area (Å²) in [7, 11) is 0. The summed E-state index contributed by atoms with van der Waals surface area (Å²) in [6.07, 6.45) is 0. The zero-order valence-electron chi connectivity index (χ0n) is 15.8. The van der Waals surface area contributed by atoms with Crippen molar-refractivity contribution in [3.63, 3.8) is 0 Å². The summed E-state index contributed by atoms with van der Waals surface area (Å²) >= 11 is 13.4. The molecule has 0 aromatic heterocycles. The van der Waals surface area contributed by atoms with Crippen molar-refractivity contribution in [3.05, 3.63) is 88.2 Å². The molecular weight excluding hydrogens is 446 g/mol. The Hall–Kier alpha value is -2.54. The van der Waals surface area contributed by atoms with E-state index in [9.17, 15) is 14.0 Å². The van der Waals surface area contributed by atoms with Gasteiger partial charge in [-0.25, -0.2) is 4.39 Å². The van der Waals surface area contributed by atoms with E-state index >= 15 is 0 Å². The third-order valence-electron chi connectivity index (χ3n) is 4.09. The van der Waals surface area contributed by atoms with Crippen molar-refractivity contribution in [3.8, 4) is 0 Å². The first-order valence-corrected chi connectivity index (χ1v) is 10.6. The van der Waals surface area contributed by atoms with Gasteiger partial charge < -0.3 is 10.6 Å². The minimum absolute atomic E-state index is 0.232. The van der Waals surface area contributed by atoms with Crippen LogP contribution in [0.1, 0.15) is 17.3 Å². The second kappa shape index (κ2) is 9.98. The Morgan fingerprint density at radius 2 is 1.67 bits per heavy atom. The smallest absolute Gasteiger partial charge is 0.255 e. The number of carbonyl (C=O) groups is 2. The van der Waals surface area contributed by atoms with E-state index in [0.29, 0.717) is 22.0 Å². The lowest BCUT2D eigenvalue weighted by atomic mass is 10.2. The van der Waals surface area contributed by atoms with Crippen molar-refractivity contribution < 1.29 is 14.0 Å². The van der Waals surface area contributed by atoms with Gasteiger partial charge in [0.1, 0.15) is 5.82 Å². The normalized spacial score (nSPS) is 11.6. The summed E-state index contributed by atoms with van der Waals surface area (Å²) in [6, 6.07) is 17.4. The predicted octanol–water partition coefficient (Wildman–Crippen LogP) is 6.50. The molecular formula is C22H17Cl2FN2O2S. The summed E-state index contributed by atoms with van der Waals surface area (Å²) in [6.45, 7) is 1.77. The summed E-state index contributed by atoms with van der Waals surface area (Å²) in [5, 5.41) is 5.75. The van der Waals surface area contributed by atoms with Crippen LogP contribution in [0.3, 0.4) is 0 Å². The van der Waals surface area contributed by atoms with Gasteiger partial charge in [-0.3, -0.25) is 9.59 Å². The van der Waals surface area contributed by atoms with Gasteiger partial charge in [-0.15, -0.1) is 11.8 Å². The quantitative estimate of drug-likeness (QED) is 0.410. The molecule has 2 N–H and O–H groups in total.